The number of halogens is 12. The van der Waals surface area contributed by atoms with Gasteiger partial charge in [0, 0.05) is 74.3 Å². The van der Waals surface area contributed by atoms with Gasteiger partial charge in [0.1, 0.15) is 11.6 Å². The van der Waals surface area contributed by atoms with Crippen LogP contribution in [0.25, 0.3) is 21.8 Å². The second-order valence-corrected chi connectivity index (χ2v) is 22.3. The third kappa shape index (κ3) is 16.1. The molecule has 0 atom stereocenters. The summed E-state index contributed by atoms with van der Waals surface area (Å²) < 4.78 is 164. The molecule has 10 rings (SSSR count). The molecule has 2 fully saturated rings. The molecule has 0 unspecified atom stereocenters. The first-order valence-corrected chi connectivity index (χ1v) is 28.6. The van der Waals surface area contributed by atoms with Crippen molar-refractivity contribution in [2.45, 2.75) is 116 Å². The van der Waals surface area contributed by atoms with Gasteiger partial charge >= 0.3 is 30.7 Å². The van der Waals surface area contributed by atoms with Gasteiger partial charge in [-0.25, -0.2) is 14.8 Å². The van der Waals surface area contributed by atoms with Crippen molar-refractivity contribution in [1.29, 1.82) is 5.26 Å². The van der Waals surface area contributed by atoms with E-state index in [9.17, 15) is 67.8 Å². The van der Waals surface area contributed by atoms with E-state index in [1.807, 2.05) is 19.9 Å². The Morgan fingerprint density at radius 3 is 1.26 bits per heavy atom. The van der Waals surface area contributed by atoms with Gasteiger partial charge in [0.15, 0.2) is 0 Å². The molecule has 8 aromatic rings. The molecule has 0 aliphatic heterocycles. The van der Waals surface area contributed by atoms with Crippen LogP contribution in [0.15, 0.2) is 84.9 Å². The molecule has 0 radical (unpaired) electrons. The zero-order chi connectivity index (χ0) is 64.2. The summed E-state index contributed by atoms with van der Waals surface area (Å²) in [5.74, 6) is 0.961. The summed E-state index contributed by atoms with van der Waals surface area (Å²) in [6, 6.07) is 18.4. The SMILES string of the molecule is CCN(CC1CCCC1)c1nc2cc(C#N)ccc2cc1CN(Cc1cc(C(F)(F)F)cc(C(F)(F)F)c1)c1nnn(C)n1.CCN(CC1CCCC1)c1nc2cc(C(=O)O)ccc2cc1CN(Cc1cc(C(F)(F)F)cc(C(F)(F)F)c1)c1nnn(C)n1. The standard InChI is InChI=1S/C30H30F6N8.C30H31F6N7O2/c1-3-43(16-19-6-4-5-7-19)27-23(13-22-9-8-20(15-37)12-26(22)38-27)18-44(28-39-41-42(2)40-28)17-21-10-24(29(31,32)33)14-25(11-21)30(34,35)36;1-3-42(15-18-6-4-5-7-18)26-22(12-20-8-9-21(27(44)45)13-25(20)37-26)17-43(28-38-40-41(2)39-28)16-19-10-23(29(31,32)33)14-24(11-19)30(34,35)36/h8-14,19H,3-7,16-18H2,1-2H3;8-14,18H,3-7,15-17H2,1-2H3,(H,44,45). The van der Waals surface area contributed by atoms with Gasteiger partial charge in [0.05, 0.1) is 64.6 Å². The van der Waals surface area contributed by atoms with E-state index in [-0.39, 0.29) is 60.4 Å². The Balaban J connectivity index is 0.000000211. The topological polar surface area (TPSA) is 187 Å². The van der Waals surface area contributed by atoms with Gasteiger partial charge in [0.2, 0.25) is 0 Å². The van der Waals surface area contributed by atoms with Crippen LogP contribution in [0, 0.1) is 23.2 Å². The number of anilines is 4. The molecular formula is C60H61F12N15O2. The number of alkyl halides is 12. The zero-order valence-electron chi connectivity index (χ0n) is 48.7. The van der Waals surface area contributed by atoms with Gasteiger partial charge in [-0.1, -0.05) is 48.0 Å². The largest absolute Gasteiger partial charge is 0.478 e. The van der Waals surface area contributed by atoms with Crippen LogP contribution < -0.4 is 19.6 Å². The fraction of sp³-hybridized carbons (Fsp3) is 0.433. The van der Waals surface area contributed by atoms with Crippen LogP contribution in [0.1, 0.15) is 126 Å². The summed E-state index contributed by atoms with van der Waals surface area (Å²) in [6.07, 6.45) is -11.2. The number of carboxylic acid groups (broad SMARTS) is 1. The van der Waals surface area contributed by atoms with E-state index in [1.165, 1.54) is 36.0 Å². The summed E-state index contributed by atoms with van der Waals surface area (Å²) in [6.45, 7) is 5.78. The number of aryl methyl sites for hydroxylation is 2. The Morgan fingerprint density at radius 2 is 0.921 bits per heavy atom. The first-order chi connectivity index (χ1) is 42.0. The van der Waals surface area contributed by atoms with Crippen molar-refractivity contribution in [2.75, 3.05) is 45.8 Å². The average Bonchev–Trinajstić information content (AvgIpc) is 1.41. The molecule has 29 heteroatoms. The molecular weight excluding hydrogens is 1190 g/mol. The molecule has 2 aliphatic rings. The lowest BCUT2D eigenvalue weighted by atomic mass is 10.0. The monoisotopic (exact) mass is 1250 g/mol. The Labute approximate surface area is 502 Å². The Bertz CT molecular complexity index is 3780. The van der Waals surface area contributed by atoms with Crippen LogP contribution in [-0.4, -0.2) is 87.6 Å². The highest BCUT2D eigenvalue weighted by molar-refractivity contribution is 5.94. The van der Waals surface area contributed by atoms with Gasteiger partial charge in [-0.2, -0.15) is 67.5 Å². The number of hydrogen-bond acceptors (Lipinski definition) is 14. The van der Waals surface area contributed by atoms with E-state index in [2.05, 4.69) is 46.7 Å². The van der Waals surface area contributed by atoms with Crippen LogP contribution in [0.4, 0.5) is 76.2 Å². The van der Waals surface area contributed by atoms with E-state index < -0.39 is 59.5 Å². The van der Waals surface area contributed by atoms with Gasteiger partial charge in [-0.3, -0.25) is 0 Å². The molecule has 2 aliphatic carbocycles. The molecule has 1 N–H and O–H groups in total. The molecule has 4 heterocycles. The summed E-state index contributed by atoms with van der Waals surface area (Å²) in [7, 11) is 3.00. The normalized spacial score (nSPS) is 14.3. The maximum Gasteiger partial charge on any atom is 0.416 e. The molecule has 17 nitrogen and oxygen atoms in total. The maximum atomic E-state index is 13.7. The first kappa shape index (κ1) is 64.6. The van der Waals surface area contributed by atoms with E-state index in [1.54, 1.807) is 30.3 Å². The van der Waals surface area contributed by atoms with Crippen LogP contribution in [0.3, 0.4) is 0 Å². The number of nitriles is 1. The van der Waals surface area contributed by atoms with Crippen molar-refractivity contribution in [3.05, 3.63) is 141 Å². The minimum atomic E-state index is -5.00. The van der Waals surface area contributed by atoms with Crippen LogP contribution in [0.2, 0.25) is 0 Å². The number of carboxylic acids is 1. The lowest BCUT2D eigenvalue weighted by Gasteiger charge is -2.30. The lowest BCUT2D eigenvalue weighted by Crippen LogP contribution is -2.32. The average molecular weight is 1250 g/mol. The summed E-state index contributed by atoms with van der Waals surface area (Å²) in [5.41, 5.74) is -3.27. The number of hydrogen-bond donors (Lipinski definition) is 1. The van der Waals surface area contributed by atoms with Crippen molar-refractivity contribution < 1.29 is 62.6 Å². The summed E-state index contributed by atoms with van der Waals surface area (Å²) in [5, 5.41) is 44.4. The molecule has 4 aromatic heterocycles. The van der Waals surface area contributed by atoms with Crippen molar-refractivity contribution in [3.8, 4) is 6.07 Å². The van der Waals surface area contributed by atoms with Gasteiger partial charge < -0.3 is 24.7 Å². The molecule has 472 valence electrons. The molecule has 4 aromatic carbocycles. The molecule has 0 amide bonds. The predicted molar refractivity (Wildman–Crippen MR) is 305 cm³/mol. The van der Waals surface area contributed by atoms with E-state index in [0.29, 0.717) is 100 Å². The molecule has 0 spiro atoms. The van der Waals surface area contributed by atoms with E-state index in [4.69, 9.17) is 9.97 Å². The van der Waals surface area contributed by atoms with Gasteiger partial charge in [-0.15, -0.1) is 10.2 Å². The number of rotatable bonds is 19. The predicted octanol–water partition coefficient (Wildman–Crippen LogP) is 13.6. The number of nitrogens with zero attached hydrogens (tertiary/aromatic N) is 15. The number of benzene rings is 4. The fourth-order valence-corrected chi connectivity index (χ4v) is 11.4. The van der Waals surface area contributed by atoms with E-state index >= 15 is 0 Å². The third-order valence-electron chi connectivity index (χ3n) is 15.7. The number of aromatic carboxylic acids is 1. The van der Waals surface area contributed by atoms with Gasteiger partial charge in [0.25, 0.3) is 11.9 Å². The molecule has 0 bridgehead atoms. The van der Waals surface area contributed by atoms with Crippen molar-refractivity contribution in [1.82, 2.24) is 50.4 Å². The fourth-order valence-electron chi connectivity index (χ4n) is 11.4. The molecule has 2 saturated carbocycles. The Morgan fingerprint density at radius 1 is 0.539 bits per heavy atom. The Kier molecular flexibility index (Phi) is 19.2. The third-order valence-corrected chi connectivity index (χ3v) is 15.7. The smallest absolute Gasteiger partial charge is 0.416 e. The molecule has 89 heavy (non-hydrogen) atoms. The zero-order valence-corrected chi connectivity index (χ0v) is 48.7. The summed E-state index contributed by atoms with van der Waals surface area (Å²) in [4.78, 5) is 30.9. The first-order valence-electron chi connectivity index (χ1n) is 28.6. The second-order valence-electron chi connectivity index (χ2n) is 22.3. The number of aromatic nitrogens is 10. The highest BCUT2D eigenvalue weighted by Crippen LogP contribution is 2.40. The van der Waals surface area contributed by atoms with Crippen molar-refractivity contribution >= 4 is 51.3 Å². The van der Waals surface area contributed by atoms with Crippen molar-refractivity contribution in [2.24, 2.45) is 25.9 Å². The van der Waals surface area contributed by atoms with E-state index in [0.717, 1.165) is 72.9 Å². The molecule has 0 saturated heterocycles. The minimum Gasteiger partial charge on any atom is -0.478 e. The number of tetrazole rings is 2. The lowest BCUT2D eigenvalue weighted by molar-refractivity contribution is -0.144. The maximum absolute atomic E-state index is 13.7. The van der Waals surface area contributed by atoms with Crippen LogP contribution >= 0.6 is 0 Å². The number of fused-ring (bicyclic) bond motifs is 2. The van der Waals surface area contributed by atoms with Crippen LogP contribution in [-0.2, 0) is 65.0 Å². The van der Waals surface area contributed by atoms with Gasteiger partial charge in [-0.05, 0) is 146 Å². The minimum absolute atomic E-state index is 0.00501. The quantitative estimate of drug-likeness (QED) is 0.0753. The Hall–Kier alpha value is -8.84. The highest BCUT2D eigenvalue weighted by Gasteiger charge is 2.39. The van der Waals surface area contributed by atoms with Crippen LogP contribution in [0.5, 0.6) is 0 Å². The van der Waals surface area contributed by atoms with Crippen molar-refractivity contribution in [3.63, 3.8) is 0 Å². The second kappa shape index (κ2) is 26.5. The highest BCUT2D eigenvalue weighted by atomic mass is 19.4. The number of pyridine rings is 2. The summed E-state index contributed by atoms with van der Waals surface area (Å²) >= 11 is 0. The number of carbonyl (C=O) groups is 1.